The van der Waals surface area contributed by atoms with E-state index in [2.05, 4.69) is 26.1 Å². The summed E-state index contributed by atoms with van der Waals surface area (Å²) in [5.41, 5.74) is 0.531. The first kappa shape index (κ1) is 12.9. The number of hydrogen-bond donors (Lipinski definition) is 1. The fraction of sp³-hybridized carbons (Fsp3) is 0.929. The molecule has 3 saturated carbocycles. The summed E-state index contributed by atoms with van der Waals surface area (Å²) in [6.45, 7) is 7.65. The average Bonchev–Trinajstić information content (AvgIpc) is 2.26. The normalized spacial score (nSPS) is 38.4. The highest BCUT2D eigenvalue weighted by Gasteiger charge is 2.55. The smallest absolute Gasteiger partial charge is 0.236 e. The van der Waals surface area contributed by atoms with Gasteiger partial charge in [0.25, 0.3) is 0 Å². The predicted molar refractivity (Wildman–Crippen MR) is 69.6 cm³/mol. The summed E-state index contributed by atoms with van der Waals surface area (Å²) in [5, 5.41) is 3.46. The molecule has 0 aromatic rings. The molecule has 17 heavy (non-hydrogen) atoms. The number of carbonyl (C=O) groups is 1. The van der Waals surface area contributed by atoms with Crippen LogP contribution in [0.1, 0.15) is 33.6 Å². The van der Waals surface area contributed by atoms with Crippen LogP contribution in [0.25, 0.3) is 0 Å². The second kappa shape index (κ2) is 4.27. The van der Waals surface area contributed by atoms with Crippen LogP contribution >= 0.6 is 0 Å². The van der Waals surface area contributed by atoms with E-state index in [0.717, 1.165) is 11.8 Å². The third-order valence-electron chi connectivity index (χ3n) is 5.37. The largest absolute Gasteiger partial charge is 0.348 e. The van der Waals surface area contributed by atoms with E-state index in [9.17, 15) is 4.79 Å². The zero-order valence-corrected chi connectivity index (χ0v) is 11.8. The first-order chi connectivity index (χ1) is 7.84. The van der Waals surface area contributed by atoms with Crippen molar-refractivity contribution in [2.24, 2.45) is 23.2 Å². The number of carbonyl (C=O) groups excluding carboxylic acids is 1. The van der Waals surface area contributed by atoms with Crippen molar-refractivity contribution in [2.45, 2.75) is 39.7 Å². The van der Waals surface area contributed by atoms with E-state index in [1.165, 1.54) is 12.8 Å². The van der Waals surface area contributed by atoms with Crippen LogP contribution in [-0.4, -0.2) is 37.5 Å². The van der Waals surface area contributed by atoms with Crippen molar-refractivity contribution in [2.75, 3.05) is 20.6 Å². The molecule has 3 heteroatoms. The lowest BCUT2D eigenvalue weighted by Crippen LogP contribution is -2.60. The van der Waals surface area contributed by atoms with Crippen LogP contribution in [0.15, 0.2) is 0 Å². The molecule has 0 spiro atoms. The van der Waals surface area contributed by atoms with Crippen LogP contribution in [0.2, 0.25) is 0 Å². The second-order valence-corrected chi connectivity index (χ2v) is 6.73. The number of fused-ring (bicyclic) bond motifs is 2. The van der Waals surface area contributed by atoms with E-state index in [0.29, 0.717) is 23.9 Å². The first-order valence-electron chi connectivity index (χ1n) is 6.77. The van der Waals surface area contributed by atoms with Crippen molar-refractivity contribution in [1.82, 2.24) is 10.2 Å². The molecule has 1 amide bonds. The Hall–Kier alpha value is -0.570. The first-order valence-corrected chi connectivity index (χ1v) is 6.77. The predicted octanol–water partition coefficient (Wildman–Crippen LogP) is 1.73. The van der Waals surface area contributed by atoms with Crippen LogP contribution < -0.4 is 5.32 Å². The molecule has 3 rings (SSSR count). The van der Waals surface area contributed by atoms with Crippen molar-refractivity contribution in [3.05, 3.63) is 0 Å². The summed E-state index contributed by atoms with van der Waals surface area (Å²) < 4.78 is 0. The molecule has 3 aliphatic rings. The fourth-order valence-corrected chi connectivity index (χ4v) is 3.80. The monoisotopic (exact) mass is 238 g/mol. The highest BCUT2D eigenvalue weighted by molar-refractivity contribution is 5.77. The third-order valence-corrected chi connectivity index (χ3v) is 5.37. The molecule has 0 aromatic carbocycles. The van der Waals surface area contributed by atoms with E-state index in [1.807, 2.05) is 14.1 Å². The quantitative estimate of drug-likeness (QED) is 0.812. The molecule has 0 heterocycles. The Morgan fingerprint density at radius 3 is 2.47 bits per heavy atom. The molecule has 1 N–H and O–H groups in total. The summed E-state index contributed by atoms with van der Waals surface area (Å²) in [5.74, 6) is 2.57. The molecule has 0 radical (unpaired) electrons. The van der Waals surface area contributed by atoms with Gasteiger partial charge in [-0.15, -0.1) is 0 Å². The van der Waals surface area contributed by atoms with Gasteiger partial charge in [0, 0.05) is 20.1 Å². The van der Waals surface area contributed by atoms with Gasteiger partial charge in [0.05, 0.1) is 6.54 Å². The number of rotatable bonds is 3. The Balaban J connectivity index is 1.87. The molecule has 98 valence electrons. The summed E-state index contributed by atoms with van der Waals surface area (Å²) in [6.07, 6.45) is 2.64. The molecular formula is C14H26N2O. The lowest BCUT2D eigenvalue weighted by atomic mass is 9.45. The van der Waals surface area contributed by atoms with E-state index in [-0.39, 0.29) is 5.91 Å². The number of nitrogens with one attached hydrogen (secondary N) is 1. The van der Waals surface area contributed by atoms with Gasteiger partial charge in [0.15, 0.2) is 0 Å². The standard InChI is InChI=1S/C14H26N2O/c1-9-11-6-10(14(11,2)3)7-12(9)15-8-13(17)16(4)5/h9-12,15H,6-8H2,1-5H3/t9-,10+,11-,12-/m1/s1. The minimum Gasteiger partial charge on any atom is -0.348 e. The minimum absolute atomic E-state index is 0.177. The molecule has 3 aliphatic carbocycles. The Morgan fingerprint density at radius 1 is 1.35 bits per heavy atom. The lowest BCUT2D eigenvalue weighted by Gasteiger charge is -2.62. The maximum atomic E-state index is 11.6. The van der Waals surface area contributed by atoms with Crippen LogP contribution in [0, 0.1) is 23.2 Å². The summed E-state index contributed by atoms with van der Waals surface area (Å²) >= 11 is 0. The van der Waals surface area contributed by atoms with Crippen molar-refractivity contribution < 1.29 is 4.79 Å². The van der Waals surface area contributed by atoms with Gasteiger partial charge in [-0.3, -0.25) is 4.79 Å². The molecule has 0 aliphatic heterocycles. The van der Waals surface area contributed by atoms with Gasteiger partial charge in [-0.25, -0.2) is 0 Å². The van der Waals surface area contributed by atoms with Gasteiger partial charge in [0.1, 0.15) is 0 Å². The summed E-state index contributed by atoms with van der Waals surface area (Å²) in [4.78, 5) is 13.2. The zero-order chi connectivity index (χ0) is 12.8. The number of amides is 1. The number of hydrogen-bond acceptors (Lipinski definition) is 2. The highest BCUT2D eigenvalue weighted by atomic mass is 16.2. The van der Waals surface area contributed by atoms with E-state index in [4.69, 9.17) is 0 Å². The Morgan fingerprint density at radius 2 is 2.00 bits per heavy atom. The Bertz CT molecular complexity index is 311. The maximum absolute atomic E-state index is 11.6. The summed E-state index contributed by atoms with van der Waals surface area (Å²) in [7, 11) is 3.63. The van der Waals surface area contributed by atoms with Crippen molar-refractivity contribution in [3.63, 3.8) is 0 Å². The average molecular weight is 238 g/mol. The van der Waals surface area contributed by atoms with E-state index in [1.54, 1.807) is 4.90 Å². The van der Waals surface area contributed by atoms with Gasteiger partial charge in [-0.05, 0) is 36.0 Å². The molecule has 0 saturated heterocycles. The zero-order valence-electron chi connectivity index (χ0n) is 11.8. The maximum Gasteiger partial charge on any atom is 0.236 e. The highest BCUT2D eigenvalue weighted by Crippen LogP contribution is 2.61. The Kier molecular flexibility index (Phi) is 3.23. The molecular weight excluding hydrogens is 212 g/mol. The SMILES string of the molecule is C[C@@H]1[C@H]2C[C@@H](C[C@H]1NCC(=O)N(C)C)C2(C)C. The second-order valence-electron chi connectivity index (χ2n) is 6.73. The van der Waals surface area contributed by atoms with Gasteiger partial charge in [0.2, 0.25) is 5.91 Å². The van der Waals surface area contributed by atoms with Gasteiger partial charge in [-0.2, -0.15) is 0 Å². The Labute approximate surface area is 105 Å². The molecule has 0 aromatic heterocycles. The van der Waals surface area contributed by atoms with Crippen LogP contribution in [-0.2, 0) is 4.79 Å². The van der Waals surface area contributed by atoms with Crippen molar-refractivity contribution in [1.29, 1.82) is 0 Å². The minimum atomic E-state index is 0.177. The van der Waals surface area contributed by atoms with Crippen LogP contribution in [0.4, 0.5) is 0 Å². The van der Waals surface area contributed by atoms with Gasteiger partial charge in [-0.1, -0.05) is 20.8 Å². The third kappa shape index (κ3) is 2.10. The van der Waals surface area contributed by atoms with Crippen molar-refractivity contribution in [3.8, 4) is 0 Å². The molecule has 3 nitrogen and oxygen atoms in total. The van der Waals surface area contributed by atoms with Crippen LogP contribution in [0.5, 0.6) is 0 Å². The topological polar surface area (TPSA) is 32.3 Å². The molecule has 4 atom stereocenters. The number of nitrogens with zero attached hydrogens (tertiary/aromatic N) is 1. The van der Waals surface area contributed by atoms with E-state index >= 15 is 0 Å². The molecule has 0 unspecified atom stereocenters. The van der Waals surface area contributed by atoms with Gasteiger partial charge >= 0.3 is 0 Å². The fourth-order valence-electron chi connectivity index (χ4n) is 3.80. The van der Waals surface area contributed by atoms with E-state index < -0.39 is 0 Å². The number of likely N-dealkylation sites (N-methyl/N-ethyl adjacent to an activating group) is 1. The van der Waals surface area contributed by atoms with Crippen molar-refractivity contribution >= 4 is 5.91 Å². The van der Waals surface area contributed by atoms with Gasteiger partial charge < -0.3 is 10.2 Å². The van der Waals surface area contributed by atoms with Crippen LogP contribution in [0.3, 0.4) is 0 Å². The molecule has 3 fully saturated rings. The lowest BCUT2D eigenvalue weighted by molar-refractivity contribution is -0.130. The summed E-state index contributed by atoms with van der Waals surface area (Å²) in [6, 6.07) is 0.538. The molecule has 2 bridgehead atoms.